The van der Waals surface area contributed by atoms with Crippen LogP contribution in [0.25, 0.3) is 0 Å². The minimum Gasteiger partial charge on any atom is -0.316 e. The highest BCUT2D eigenvalue weighted by Crippen LogP contribution is 2.30. The lowest BCUT2D eigenvalue weighted by molar-refractivity contribution is 0.0655. The number of rotatable bonds is 6. The summed E-state index contributed by atoms with van der Waals surface area (Å²) in [5, 5.41) is 3.29. The van der Waals surface area contributed by atoms with Crippen molar-refractivity contribution < 1.29 is 19.2 Å². The predicted molar refractivity (Wildman–Crippen MR) is 196 cm³/mol. The van der Waals surface area contributed by atoms with Gasteiger partial charge in [-0.3, -0.25) is 33.9 Å². The SMILES string of the molecule is Cl.O=C1c2ccccc2C(=O)N1CC(Br)=C1CCN(Cc2ccccc2)CC1.O=C1c2ccccc2C(=O)N1CC(Br)=C1CCNCC1. The van der Waals surface area contributed by atoms with Crippen LogP contribution in [0.5, 0.6) is 0 Å². The third-order valence-corrected chi connectivity index (χ3v) is 10.7. The average Bonchev–Trinajstić information content (AvgIpc) is 3.50. The van der Waals surface area contributed by atoms with Gasteiger partial charge < -0.3 is 5.32 Å². The van der Waals surface area contributed by atoms with E-state index in [0.717, 1.165) is 67.4 Å². The van der Waals surface area contributed by atoms with Gasteiger partial charge in [0, 0.05) is 28.6 Å². The molecule has 0 radical (unpaired) electrons. The summed E-state index contributed by atoms with van der Waals surface area (Å²) in [6.07, 6.45) is 3.83. The van der Waals surface area contributed by atoms with E-state index in [4.69, 9.17) is 0 Å². The third-order valence-electron chi connectivity index (χ3n) is 9.03. The van der Waals surface area contributed by atoms with Crippen molar-refractivity contribution in [2.45, 2.75) is 32.2 Å². The molecule has 0 spiro atoms. The van der Waals surface area contributed by atoms with Gasteiger partial charge >= 0.3 is 0 Å². The molecule has 0 saturated carbocycles. The van der Waals surface area contributed by atoms with E-state index in [1.807, 2.05) is 6.07 Å². The molecule has 7 rings (SSSR count). The molecule has 0 bridgehead atoms. The van der Waals surface area contributed by atoms with E-state index in [-0.39, 0.29) is 36.0 Å². The number of benzene rings is 3. The third kappa shape index (κ3) is 7.90. The van der Waals surface area contributed by atoms with Gasteiger partial charge in [0.2, 0.25) is 0 Å². The molecule has 2 fully saturated rings. The maximum Gasteiger partial charge on any atom is 0.261 e. The largest absolute Gasteiger partial charge is 0.316 e. The fraction of sp³-hybridized carbons (Fsp3) is 0.297. The Morgan fingerprint density at radius 2 is 0.938 bits per heavy atom. The van der Waals surface area contributed by atoms with E-state index >= 15 is 0 Å². The predicted octanol–water partition coefficient (Wildman–Crippen LogP) is 6.96. The number of piperidine rings is 2. The van der Waals surface area contributed by atoms with E-state index < -0.39 is 0 Å². The molecule has 1 N–H and O–H groups in total. The van der Waals surface area contributed by atoms with Crippen LogP contribution >= 0.6 is 44.3 Å². The number of carbonyl (C=O) groups excluding carboxylic acids is 4. The molecule has 3 aromatic carbocycles. The van der Waals surface area contributed by atoms with Crippen molar-refractivity contribution in [1.82, 2.24) is 20.0 Å². The number of nitrogens with one attached hydrogen (secondary N) is 1. The van der Waals surface area contributed by atoms with E-state index in [2.05, 4.69) is 66.3 Å². The van der Waals surface area contributed by atoms with E-state index in [1.165, 1.54) is 26.5 Å². The highest BCUT2D eigenvalue weighted by atomic mass is 79.9. The Labute approximate surface area is 303 Å². The molecule has 4 aliphatic heterocycles. The van der Waals surface area contributed by atoms with Crippen LogP contribution in [0.4, 0.5) is 0 Å². The first-order valence-corrected chi connectivity index (χ1v) is 17.5. The molecule has 2 saturated heterocycles. The molecule has 4 amide bonds. The molecule has 0 aromatic heterocycles. The van der Waals surface area contributed by atoms with Gasteiger partial charge in [-0.15, -0.1) is 12.4 Å². The Morgan fingerprint density at radius 3 is 1.35 bits per heavy atom. The minimum atomic E-state index is -0.199. The molecular weight excluding hydrogens is 760 g/mol. The summed E-state index contributed by atoms with van der Waals surface area (Å²) in [6.45, 7) is 5.49. The number of fused-ring (bicyclic) bond motifs is 2. The first kappa shape index (κ1) is 35.9. The summed E-state index contributed by atoms with van der Waals surface area (Å²) in [5.74, 6) is -0.793. The second kappa shape index (κ2) is 16.3. The van der Waals surface area contributed by atoms with Crippen LogP contribution in [0.15, 0.2) is 99.0 Å². The van der Waals surface area contributed by atoms with Crippen molar-refractivity contribution in [3.8, 4) is 0 Å². The lowest BCUT2D eigenvalue weighted by atomic mass is 10.0. The van der Waals surface area contributed by atoms with Crippen LogP contribution in [-0.2, 0) is 6.54 Å². The van der Waals surface area contributed by atoms with E-state index in [1.54, 1.807) is 48.5 Å². The highest BCUT2D eigenvalue weighted by molar-refractivity contribution is 9.12. The first-order valence-electron chi connectivity index (χ1n) is 15.9. The molecule has 0 aliphatic carbocycles. The molecule has 4 aliphatic rings. The summed E-state index contributed by atoms with van der Waals surface area (Å²) in [4.78, 5) is 54.7. The molecule has 250 valence electrons. The zero-order valence-electron chi connectivity index (χ0n) is 26.4. The van der Waals surface area contributed by atoms with Gasteiger partial charge in [-0.25, -0.2) is 0 Å². The number of hydrogen-bond donors (Lipinski definition) is 1. The first-order chi connectivity index (χ1) is 22.8. The summed E-state index contributed by atoms with van der Waals surface area (Å²) in [7, 11) is 0. The fourth-order valence-corrected chi connectivity index (χ4v) is 7.66. The average molecular weight is 797 g/mol. The van der Waals surface area contributed by atoms with Crippen molar-refractivity contribution in [3.63, 3.8) is 0 Å². The van der Waals surface area contributed by atoms with Crippen LogP contribution in [0.3, 0.4) is 0 Å². The van der Waals surface area contributed by atoms with Gasteiger partial charge in [0.05, 0.1) is 35.3 Å². The number of halogens is 3. The Bertz CT molecular complexity index is 1690. The number of imide groups is 2. The Balaban J connectivity index is 0.000000192. The van der Waals surface area contributed by atoms with Crippen molar-refractivity contribution in [2.24, 2.45) is 0 Å². The Kier molecular flexibility index (Phi) is 12.2. The van der Waals surface area contributed by atoms with Crippen LogP contribution in [0.1, 0.15) is 72.7 Å². The summed E-state index contributed by atoms with van der Waals surface area (Å²) in [5.41, 5.74) is 5.95. The number of nitrogens with zero attached hydrogens (tertiary/aromatic N) is 3. The zero-order valence-corrected chi connectivity index (χ0v) is 30.4. The lowest BCUT2D eigenvalue weighted by Gasteiger charge is -2.29. The van der Waals surface area contributed by atoms with Crippen LogP contribution < -0.4 is 5.32 Å². The number of hydrogen-bond acceptors (Lipinski definition) is 6. The van der Waals surface area contributed by atoms with E-state index in [9.17, 15) is 19.2 Å². The normalized spacial score (nSPS) is 17.5. The molecule has 48 heavy (non-hydrogen) atoms. The van der Waals surface area contributed by atoms with Crippen LogP contribution in [-0.4, -0.2) is 77.6 Å². The van der Waals surface area contributed by atoms with Crippen molar-refractivity contribution in [2.75, 3.05) is 39.3 Å². The second-order valence-electron chi connectivity index (χ2n) is 12.0. The van der Waals surface area contributed by atoms with Crippen molar-refractivity contribution in [1.29, 1.82) is 0 Å². The maximum absolute atomic E-state index is 12.5. The second-order valence-corrected chi connectivity index (χ2v) is 13.9. The summed E-state index contributed by atoms with van der Waals surface area (Å²) >= 11 is 7.21. The Morgan fingerprint density at radius 1 is 0.562 bits per heavy atom. The number of carbonyl (C=O) groups is 4. The van der Waals surface area contributed by atoms with E-state index in [0.29, 0.717) is 35.3 Å². The van der Waals surface area contributed by atoms with Gasteiger partial charge in [-0.1, -0.05) is 97.6 Å². The molecule has 0 atom stereocenters. The van der Waals surface area contributed by atoms with Gasteiger partial charge in [-0.2, -0.15) is 0 Å². The quantitative estimate of drug-likeness (QED) is 0.272. The van der Waals surface area contributed by atoms with Gasteiger partial charge in [0.1, 0.15) is 0 Å². The smallest absolute Gasteiger partial charge is 0.261 e. The molecule has 0 unspecified atom stereocenters. The fourth-order valence-electron chi connectivity index (χ4n) is 6.36. The summed E-state index contributed by atoms with van der Waals surface area (Å²) < 4.78 is 1.94. The molecule has 3 aromatic rings. The topological polar surface area (TPSA) is 90.0 Å². The Hall–Kier alpha value is -3.41. The monoisotopic (exact) mass is 794 g/mol. The molecule has 8 nitrogen and oxygen atoms in total. The number of amides is 4. The minimum absolute atomic E-state index is 0. The van der Waals surface area contributed by atoms with Gasteiger partial charge in [0.15, 0.2) is 0 Å². The summed E-state index contributed by atoms with van der Waals surface area (Å²) in [6, 6.07) is 24.5. The lowest BCUT2D eigenvalue weighted by Crippen LogP contribution is -2.33. The highest BCUT2D eigenvalue weighted by Gasteiger charge is 2.36. The number of likely N-dealkylation sites (tertiary alicyclic amines) is 1. The van der Waals surface area contributed by atoms with Crippen molar-refractivity contribution >= 4 is 67.9 Å². The van der Waals surface area contributed by atoms with Crippen LogP contribution in [0, 0.1) is 0 Å². The standard InChI is InChI=1S/C22H21BrN2O2.C15H15BrN2O2.ClH/c23-20(15-25-21(26)18-8-4-5-9-19(18)22(25)27)17-10-12-24(13-11-17)14-16-6-2-1-3-7-16;16-13(10-5-7-17-8-6-10)9-18-14(19)11-3-1-2-4-12(11)15(18)20;/h1-9H,10-15H2;1-4,17H,5-9H2;1H. The maximum atomic E-state index is 12.5. The molecule has 11 heteroatoms. The van der Waals surface area contributed by atoms with Crippen molar-refractivity contribution in [3.05, 3.63) is 127 Å². The van der Waals surface area contributed by atoms with Gasteiger partial charge in [0.25, 0.3) is 23.6 Å². The molecular formula is C37H37Br2ClN4O4. The molecule has 4 heterocycles. The zero-order chi connectivity index (χ0) is 32.9. The van der Waals surface area contributed by atoms with Crippen LogP contribution in [0.2, 0.25) is 0 Å². The van der Waals surface area contributed by atoms with Gasteiger partial charge in [-0.05, 0) is 68.6 Å².